The zero-order chi connectivity index (χ0) is 14.4. The van der Waals surface area contributed by atoms with Crippen LogP contribution >= 0.6 is 0 Å². The van der Waals surface area contributed by atoms with Gasteiger partial charge in [-0.25, -0.2) is 4.79 Å². The average molecular weight is 269 g/mol. The number of carbonyl (C=O) groups is 2. The average Bonchev–Trinajstić information content (AvgIpc) is 2.75. The summed E-state index contributed by atoms with van der Waals surface area (Å²) < 4.78 is 4.81. The Labute approximate surface area is 117 Å². The highest BCUT2D eigenvalue weighted by Gasteiger charge is 2.37. The lowest BCUT2D eigenvalue weighted by atomic mass is 9.96. The minimum atomic E-state index is -0.371. The van der Waals surface area contributed by atoms with Crippen LogP contribution in [0.25, 0.3) is 5.70 Å². The van der Waals surface area contributed by atoms with E-state index in [1.54, 1.807) is 0 Å². The van der Waals surface area contributed by atoms with E-state index in [9.17, 15) is 9.59 Å². The Morgan fingerprint density at radius 2 is 1.90 bits per heavy atom. The SMILES string of the molecule is COC(=O)C1=C(C)N(C)C2=C(C1)C(=O)c1ccccc12. The molecule has 0 aromatic heterocycles. The fourth-order valence-electron chi connectivity index (χ4n) is 2.89. The lowest BCUT2D eigenvalue weighted by Crippen LogP contribution is -2.24. The van der Waals surface area contributed by atoms with E-state index >= 15 is 0 Å². The molecule has 0 bridgehead atoms. The molecule has 1 heterocycles. The summed E-state index contributed by atoms with van der Waals surface area (Å²) in [5, 5.41) is 0. The van der Waals surface area contributed by atoms with Crippen molar-refractivity contribution in [1.29, 1.82) is 0 Å². The Hall–Kier alpha value is -2.36. The van der Waals surface area contributed by atoms with Crippen LogP contribution in [0.3, 0.4) is 0 Å². The molecule has 0 saturated heterocycles. The molecular weight excluding hydrogens is 254 g/mol. The fourth-order valence-corrected chi connectivity index (χ4v) is 2.89. The highest BCUT2D eigenvalue weighted by molar-refractivity contribution is 6.21. The molecule has 0 unspecified atom stereocenters. The van der Waals surface area contributed by atoms with Crippen molar-refractivity contribution in [2.45, 2.75) is 13.3 Å². The van der Waals surface area contributed by atoms with Gasteiger partial charge in [0.2, 0.25) is 0 Å². The summed E-state index contributed by atoms with van der Waals surface area (Å²) in [6.45, 7) is 1.88. The highest BCUT2D eigenvalue weighted by Crippen LogP contribution is 2.42. The molecule has 1 aliphatic heterocycles. The summed E-state index contributed by atoms with van der Waals surface area (Å²) in [5.41, 5.74) is 4.63. The van der Waals surface area contributed by atoms with E-state index in [1.165, 1.54) is 7.11 Å². The van der Waals surface area contributed by atoms with Gasteiger partial charge in [-0.1, -0.05) is 24.3 Å². The third kappa shape index (κ3) is 1.54. The quantitative estimate of drug-likeness (QED) is 0.734. The topological polar surface area (TPSA) is 46.6 Å². The Bertz CT molecular complexity index is 697. The first-order valence-electron chi connectivity index (χ1n) is 6.45. The summed E-state index contributed by atoms with van der Waals surface area (Å²) in [4.78, 5) is 26.2. The third-order valence-corrected chi connectivity index (χ3v) is 4.05. The zero-order valence-electron chi connectivity index (χ0n) is 11.7. The summed E-state index contributed by atoms with van der Waals surface area (Å²) >= 11 is 0. The van der Waals surface area contributed by atoms with Gasteiger partial charge in [-0.2, -0.15) is 0 Å². The van der Waals surface area contributed by atoms with Gasteiger partial charge in [0.1, 0.15) is 0 Å². The number of Topliss-reactive ketones (excluding diaryl/α,β-unsaturated/α-hetero) is 1. The van der Waals surface area contributed by atoms with Gasteiger partial charge in [-0.3, -0.25) is 4.79 Å². The summed E-state index contributed by atoms with van der Waals surface area (Å²) in [6, 6.07) is 7.56. The molecule has 1 aliphatic carbocycles. The van der Waals surface area contributed by atoms with Gasteiger partial charge >= 0.3 is 5.97 Å². The number of allylic oxidation sites excluding steroid dienone is 2. The lowest BCUT2D eigenvalue weighted by Gasteiger charge is -2.29. The molecular formula is C16H15NO3. The predicted molar refractivity (Wildman–Crippen MR) is 74.8 cm³/mol. The van der Waals surface area contributed by atoms with Crippen molar-refractivity contribution in [2.24, 2.45) is 0 Å². The van der Waals surface area contributed by atoms with E-state index < -0.39 is 0 Å². The summed E-state index contributed by atoms with van der Waals surface area (Å²) in [7, 11) is 3.24. The molecule has 3 rings (SSSR count). The van der Waals surface area contributed by atoms with Crippen LogP contribution in [0.1, 0.15) is 29.3 Å². The lowest BCUT2D eigenvalue weighted by molar-refractivity contribution is -0.136. The van der Waals surface area contributed by atoms with Crippen molar-refractivity contribution in [2.75, 3.05) is 14.2 Å². The van der Waals surface area contributed by atoms with Crippen LogP contribution in [0.15, 0.2) is 41.1 Å². The van der Waals surface area contributed by atoms with E-state index in [0.717, 1.165) is 17.0 Å². The number of benzene rings is 1. The largest absolute Gasteiger partial charge is 0.466 e. The molecule has 1 aromatic rings. The minimum Gasteiger partial charge on any atom is -0.466 e. The normalized spacial score (nSPS) is 17.4. The number of ketones is 1. The third-order valence-electron chi connectivity index (χ3n) is 4.05. The molecule has 0 spiro atoms. The second-order valence-corrected chi connectivity index (χ2v) is 4.99. The van der Waals surface area contributed by atoms with Crippen molar-refractivity contribution in [3.63, 3.8) is 0 Å². The minimum absolute atomic E-state index is 0.0105. The van der Waals surface area contributed by atoms with Crippen LogP contribution in [-0.2, 0) is 9.53 Å². The van der Waals surface area contributed by atoms with Crippen LogP contribution in [0, 0.1) is 0 Å². The second kappa shape index (κ2) is 4.34. The monoisotopic (exact) mass is 269 g/mol. The number of nitrogens with zero attached hydrogens (tertiary/aromatic N) is 1. The summed E-state index contributed by atoms with van der Waals surface area (Å²) in [5.74, 6) is -0.360. The number of hydrogen-bond donors (Lipinski definition) is 0. The molecule has 1 aromatic carbocycles. The van der Waals surface area contributed by atoms with Crippen molar-refractivity contribution in [3.8, 4) is 0 Å². The van der Waals surface area contributed by atoms with Gasteiger partial charge in [0, 0.05) is 35.9 Å². The van der Waals surface area contributed by atoms with Crippen molar-refractivity contribution >= 4 is 17.4 Å². The van der Waals surface area contributed by atoms with Crippen LogP contribution < -0.4 is 0 Å². The maximum Gasteiger partial charge on any atom is 0.335 e. The molecule has 20 heavy (non-hydrogen) atoms. The molecule has 0 fully saturated rings. The second-order valence-electron chi connectivity index (χ2n) is 4.99. The molecule has 4 heteroatoms. The Balaban J connectivity index is 2.13. The van der Waals surface area contributed by atoms with Gasteiger partial charge in [0.15, 0.2) is 5.78 Å². The van der Waals surface area contributed by atoms with E-state index in [4.69, 9.17) is 4.74 Å². The number of carbonyl (C=O) groups excluding carboxylic acids is 2. The van der Waals surface area contributed by atoms with Crippen molar-refractivity contribution < 1.29 is 14.3 Å². The summed E-state index contributed by atoms with van der Waals surface area (Å²) in [6.07, 6.45) is 0.339. The van der Waals surface area contributed by atoms with E-state index in [2.05, 4.69) is 0 Å². The van der Waals surface area contributed by atoms with E-state index in [-0.39, 0.29) is 11.8 Å². The predicted octanol–water partition coefficient (Wildman–Crippen LogP) is 2.38. The van der Waals surface area contributed by atoms with Gasteiger partial charge in [-0.15, -0.1) is 0 Å². The number of methoxy groups -OCH3 is 1. The standard InChI is InChI=1S/C16H15NO3/c1-9-12(16(19)20-3)8-13-14(17(9)2)10-6-4-5-7-11(10)15(13)18/h4-7H,8H2,1-3H3. The van der Waals surface area contributed by atoms with E-state index in [0.29, 0.717) is 23.1 Å². The number of fused-ring (bicyclic) bond motifs is 2. The van der Waals surface area contributed by atoms with Gasteiger partial charge in [0.25, 0.3) is 0 Å². The number of esters is 1. The molecule has 0 saturated carbocycles. The highest BCUT2D eigenvalue weighted by atomic mass is 16.5. The Morgan fingerprint density at radius 3 is 2.55 bits per heavy atom. The van der Waals surface area contributed by atoms with Crippen LogP contribution in [0.5, 0.6) is 0 Å². The smallest absolute Gasteiger partial charge is 0.335 e. The maximum absolute atomic E-state index is 12.5. The van der Waals surface area contributed by atoms with E-state index in [1.807, 2.05) is 43.1 Å². The molecule has 2 aliphatic rings. The van der Waals surface area contributed by atoms with Crippen molar-refractivity contribution in [3.05, 3.63) is 52.2 Å². The number of ether oxygens (including phenoxy) is 1. The Morgan fingerprint density at radius 1 is 1.25 bits per heavy atom. The fraction of sp³-hybridized carbons (Fsp3) is 0.250. The molecule has 102 valence electrons. The van der Waals surface area contributed by atoms with Gasteiger partial charge in [-0.05, 0) is 6.92 Å². The first kappa shape index (κ1) is 12.7. The van der Waals surface area contributed by atoms with Crippen LogP contribution in [0.2, 0.25) is 0 Å². The number of rotatable bonds is 1. The van der Waals surface area contributed by atoms with Crippen LogP contribution in [-0.4, -0.2) is 30.8 Å². The first-order valence-corrected chi connectivity index (χ1v) is 6.45. The maximum atomic E-state index is 12.5. The number of hydrogen-bond acceptors (Lipinski definition) is 4. The van der Waals surface area contributed by atoms with Gasteiger partial charge < -0.3 is 9.64 Å². The van der Waals surface area contributed by atoms with Gasteiger partial charge in [0.05, 0.1) is 18.4 Å². The van der Waals surface area contributed by atoms with Crippen LogP contribution in [0.4, 0.5) is 0 Å². The first-order chi connectivity index (χ1) is 9.56. The molecule has 0 radical (unpaired) electrons. The van der Waals surface area contributed by atoms with Crippen molar-refractivity contribution in [1.82, 2.24) is 4.90 Å². The zero-order valence-corrected chi connectivity index (χ0v) is 11.7. The molecule has 0 amide bonds. The Kier molecular flexibility index (Phi) is 2.74. The molecule has 0 N–H and O–H groups in total. The molecule has 0 atom stereocenters. The molecule has 4 nitrogen and oxygen atoms in total.